The molecule has 1 unspecified atom stereocenters. The molecule has 1 fully saturated rings. The van der Waals surface area contributed by atoms with Crippen LogP contribution in [0.5, 0.6) is 0 Å². The van der Waals surface area contributed by atoms with Gasteiger partial charge in [-0.1, -0.05) is 6.92 Å². The molecule has 102 valence electrons. The van der Waals surface area contributed by atoms with Crippen LogP contribution in [0.25, 0.3) is 0 Å². The van der Waals surface area contributed by atoms with Crippen LogP contribution in [0, 0.1) is 22.0 Å². The molecule has 1 aromatic carbocycles. The zero-order chi connectivity index (χ0) is 14.0. The van der Waals surface area contributed by atoms with Crippen molar-refractivity contribution in [2.45, 2.75) is 19.8 Å². The quantitative estimate of drug-likeness (QED) is 0.667. The van der Waals surface area contributed by atoms with Gasteiger partial charge < -0.3 is 5.32 Å². The molecule has 1 N–H and O–H groups in total. The molecule has 1 atom stereocenters. The van der Waals surface area contributed by atoms with Gasteiger partial charge in [0, 0.05) is 23.2 Å². The number of benzene rings is 1. The maximum absolute atomic E-state index is 12.0. The summed E-state index contributed by atoms with van der Waals surface area (Å²) in [6.07, 6.45) is 2.47. The molecule has 1 saturated carbocycles. The minimum absolute atomic E-state index is 0.0800. The van der Waals surface area contributed by atoms with E-state index in [1.54, 1.807) is 0 Å². The van der Waals surface area contributed by atoms with Crippen LogP contribution in [0.2, 0.25) is 0 Å². The van der Waals surface area contributed by atoms with Crippen LogP contribution < -0.4 is 5.32 Å². The number of amides is 1. The van der Waals surface area contributed by atoms with Crippen molar-refractivity contribution in [1.82, 2.24) is 5.32 Å². The van der Waals surface area contributed by atoms with Gasteiger partial charge in [-0.2, -0.15) is 0 Å². The summed E-state index contributed by atoms with van der Waals surface area (Å²) in [5, 5.41) is 13.5. The monoisotopic (exact) mass is 326 g/mol. The summed E-state index contributed by atoms with van der Waals surface area (Å²) in [7, 11) is 0. The predicted molar refractivity (Wildman–Crippen MR) is 75.0 cm³/mol. The van der Waals surface area contributed by atoms with E-state index in [-0.39, 0.29) is 11.6 Å². The van der Waals surface area contributed by atoms with Gasteiger partial charge in [0.25, 0.3) is 11.6 Å². The Hall–Kier alpha value is -1.43. The summed E-state index contributed by atoms with van der Waals surface area (Å²) in [5.41, 5.74) is 0.223. The SMILES string of the molecule is CC(CNC(=O)c1cc([N+](=O)[O-])ccc1Br)C1CC1. The van der Waals surface area contributed by atoms with Gasteiger partial charge in [0.1, 0.15) is 0 Å². The smallest absolute Gasteiger partial charge is 0.270 e. The minimum atomic E-state index is -0.504. The van der Waals surface area contributed by atoms with Crippen LogP contribution in [0.4, 0.5) is 5.69 Å². The number of carbonyl (C=O) groups is 1. The molecular formula is C13H15BrN2O3. The van der Waals surface area contributed by atoms with E-state index in [1.165, 1.54) is 31.0 Å². The second-order valence-electron chi connectivity index (χ2n) is 4.95. The molecule has 19 heavy (non-hydrogen) atoms. The summed E-state index contributed by atoms with van der Waals surface area (Å²) in [4.78, 5) is 22.2. The fourth-order valence-electron chi connectivity index (χ4n) is 1.98. The fourth-order valence-corrected chi connectivity index (χ4v) is 2.41. The molecule has 0 bridgehead atoms. The van der Waals surface area contributed by atoms with Crippen LogP contribution >= 0.6 is 15.9 Å². The maximum atomic E-state index is 12.0. The maximum Gasteiger partial charge on any atom is 0.270 e. The molecule has 0 radical (unpaired) electrons. The third kappa shape index (κ3) is 3.53. The molecular weight excluding hydrogens is 312 g/mol. The molecule has 5 nitrogen and oxygen atoms in total. The number of nitro groups is 1. The summed E-state index contributed by atoms with van der Waals surface area (Å²) < 4.78 is 0.565. The summed E-state index contributed by atoms with van der Waals surface area (Å²) >= 11 is 3.25. The van der Waals surface area contributed by atoms with Gasteiger partial charge in [0.15, 0.2) is 0 Å². The first-order chi connectivity index (χ1) is 8.99. The van der Waals surface area contributed by atoms with Crippen LogP contribution in [-0.4, -0.2) is 17.4 Å². The van der Waals surface area contributed by atoms with Crippen LogP contribution in [-0.2, 0) is 0 Å². The molecule has 0 heterocycles. The Morgan fingerprint density at radius 1 is 1.58 bits per heavy atom. The van der Waals surface area contributed by atoms with E-state index in [9.17, 15) is 14.9 Å². The number of nitro benzene ring substituents is 1. The van der Waals surface area contributed by atoms with Crippen molar-refractivity contribution in [2.75, 3.05) is 6.54 Å². The lowest BCUT2D eigenvalue weighted by Crippen LogP contribution is -2.29. The van der Waals surface area contributed by atoms with Crippen molar-refractivity contribution in [3.8, 4) is 0 Å². The molecule has 1 aromatic rings. The van der Waals surface area contributed by atoms with Gasteiger partial charge >= 0.3 is 0 Å². The van der Waals surface area contributed by atoms with Crippen molar-refractivity contribution < 1.29 is 9.72 Å². The van der Waals surface area contributed by atoms with Crippen LogP contribution in [0.3, 0.4) is 0 Å². The molecule has 1 amide bonds. The van der Waals surface area contributed by atoms with Crippen molar-refractivity contribution in [3.63, 3.8) is 0 Å². The minimum Gasteiger partial charge on any atom is -0.352 e. The van der Waals surface area contributed by atoms with Crippen LogP contribution in [0.1, 0.15) is 30.1 Å². The van der Waals surface area contributed by atoms with Gasteiger partial charge in [0.2, 0.25) is 0 Å². The Balaban J connectivity index is 2.04. The van der Waals surface area contributed by atoms with Gasteiger partial charge in [-0.15, -0.1) is 0 Å². The molecule has 1 aliphatic carbocycles. The first-order valence-corrected chi connectivity index (χ1v) is 7.00. The highest BCUT2D eigenvalue weighted by Crippen LogP contribution is 2.36. The van der Waals surface area contributed by atoms with E-state index in [1.807, 2.05) is 0 Å². The topological polar surface area (TPSA) is 72.2 Å². The number of nitrogens with one attached hydrogen (secondary N) is 1. The van der Waals surface area contributed by atoms with E-state index in [2.05, 4.69) is 28.2 Å². The second-order valence-corrected chi connectivity index (χ2v) is 5.80. The zero-order valence-electron chi connectivity index (χ0n) is 10.6. The lowest BCUT2D eigenvalue weighted by Gasteiger charge is -2.12. The first kappa shape index (κ1) is 14.0. The Bertz CT molecular complexity index is 515. The number of carbonyl (C=O) groups excluding carboxylic acids is 1. The number of hydrogen-bond donors (Lipinski definition) is 1. The highest BCUT2D eigenvalue weighted by molar-refractivity contribution is 9.10. The van der Waals surface area contributed by atoms with E-state index in [4.69, 9.17) is 0 Å². The van der Waals surface area contributed by atoms with Crippen molar-refractivity contribution in [1.29, 1.82) is 0 Å². The number of rotatable bonds is 5. The fraction of sp³-hybridized carbons (Fsp3) is 0.462. The highest BCUT2D eigenvalue weighted by Gasteiger charge is 2.28. The molecule has 0 saturated heterocycles. The first-order valence-electron chi connectivity index (χ1n) is 6.21. The van der Waals surface area contributed by atoms with Crippen molar-refractivity contribution in [3.05, 3.63) is 38.3 Å². The highest BCUT2D eigenvalue weighted by atomic mass is 79.9. The lowest BCUT2D eigenvalue weighted by molar-refractivity contribution is -0.384. The standard InChI is InChI=1S/C13H15BrN2O3/c1-8(9-2-3-9)7-15-13(17)11-6-10(16(18)19)4-5-12(11)14/h4-6,8-9H,2-3,7H2,1H3,(H,15,17). The average molecular weight is 327 g/mol. The second kappa shape index (κ2) is 5.69. The average Bonchev–Trinajstić information content (AvgIpc) is 3.20. The third-order valence-electron chi connectivity index (χ3n) is 3.42. The summed E-state index contributed by atoms with van der Waals surface area (Å²) in [6, 6.07) is 4.19. The molecule has 0 aliphatic heterocycles. The van der Waals surface area contributed by atoms with Gasteiger partial charge in [-0.05, 0) is 46.7 Å². The summed E-state index contributed by atoms with van der Waals surface area (Å²) in [5.74, 6) is 0.901. The molecule has 6 heteroatoms. The molecule has 1 aliphatic rings. The molecule has 2 rings (SSSR count). The van der Waals surface area contributed by atoms with Crippen molar-refractivity contribution >= 4 is 27.5 Å². The lowest BCUT2D eigenvalue weighted by atomic mass is 10.1. The van der Waals surface area contributed by atoms with E-state index >= 15 is 0 Å². The van der Waals surface area contributed by atoms with Crippen molar-refractivity contribution in [2.24, 2.45) is 11.8 Å². The number of nitrogens with zero attached hydrogens (tertiary/aromatic N) is 1. The number of hydrogen-bond acceptors (Lipinski definition) is 3. The Morgan fingerprint density at radius 2 is 2.26 bits per heavy atom. The van der Waals surface area contributed by atoms with E-state index in [0.717, 1.165) is 0 Å². The number of non-ortho nitro benzene ring substituents is 1. The van der Waals surface area contributed by atoms with E-state index < -0.39 is 4.92 Å². The van der Waals surface area contributed by atoms with Gasteiger partial charge in [0.05, 0.1) is 10.5 Å². The Morgan fingerprint density at radius 3 is 2.84 bits per heavy atom. The molecule has 0 aromatic heterocycles. The molecule has 0 spiro atoms. The summed E-state index contributed by atoms with van der Waals surface area (Å²) in [6.45, 7) is 2.72. The van der Waals surface area contributed by atoms with Gasteiger partial charge in [-0.3, -0.25) is 14.9 Å². The number of halogens is 1. The van der Waals surface area contributed by atoms with E-state index in [0.29, 0.717) is 28.4 Å². The zero-order valence-corrected chi connectivity index (χ0v) is 12.1. The third-order valence-corrected chi connectivity index (χ3v) is 4.11. The largest absolute Gasteiger partial charge is 0.352 e. The predicted octanol–water partition coefficient (Wildman–Crippen LogP) is 3.13. The Labute approximate surface area is 119 Å². The normalized spacial score (nSPS) is 15.9. The Kier molecular flexibility index (Phi) is 4.19. The van der Waals surface area contributed by atoms with Crippen LogP contribution in [0.15, 0.2) is 22.7 Å². The van der Waals surface area contributed by atoms with Gasteiger partial charge in [-0.25, -0.2) is 0 Å².